The molecule has 0 saturated carbocycles. The number of hydrogen-bond acceptors (Lipinski definition) is 2. The molecule has 4 nitrogen and oxygen atoms in total. The summed E-state index contributed by atoms with van der Waals surface area (Å²) in [5, 5.41) is 9.54. The van der Waals surface area contributed by atoms with Crippen molar-refractivity contribution in [1.29, 1.82) is 0 Å². The number of benzene rings is 9. The van der Waals surface area contributed by atoms with Crippen molar-refractivity contribution in [3.05, 3.63) is 206 Å². The molecule has 3 aliphatic rings. The molecule has 0 saturated heterocycles. The summed E-state index contributed by atoms with van der Waals surface area (Å²) in [7, 11) is 0. The van der Waals surface area contributed by atoms with Gasteiger partial charge in [-0.25, -0.2) is 9.97 Å². The van der Waals surface area contributed by atoms with Crippen LogP contribution >= 0.6 is 0 Å². The zero-order chi connectivity index (χ0) is 43.0. The highest BCUT2D eigenvalue weighted by atomic mass is 14.8. The van der Waals surface area contributed by atoms with Crippen molar-refractivity contribution in [2.75, 3.05) is 0 Å². The highest BCUT2D eigenvalue weighted by Gasteiger charge is 2.31. The Morgan fingerprint density at radius 1 is 0.258 bits per heavy atom. The van der Waals surface area contributed by atoms with Gasteiger partial charge < -0.3 is 9.97 Å². The molecule has 0 spiro atoms. The van der Waals surface area contributed by atoms with Crippen LogP contribution in [0.4, 0.5) is 0 Å². The van der Waals surface area contributed by atoms with E-state index in [1.54, 1.807) is 0 Å². The fourth-order valence-electron chi connectivity index (χ4n) is 11.4. The minimum absolute atomic E-state index is 0.921. The fraction of sp³-hybridized carbons (Fsp3) is 0. The third-order valence-electron chi connectivity index (χ3n) is 14.2. The third-order valence-corrected chi connectivity index (χ3v) is 14.2. The van der Waals surface area contributed by atoms with E-state index in [-0.39, 0.29) is 0 Å². The summed E-state index contributed by atoms with van der Waals surface area (Å²) in [6.07, 6.45) is 0. The van der Waals surface area contributed by atoms with E-state index < -0.39 is 0 Å². The van der Waals surface area contributed by atoms with Crippen LogP contribution < -0.4 is 0 Å². The molecule has 0 radical (unpaired) electrons. The van der Waals surface area contributed by atoms with Gasteiger partial charge in [-0.15, -0.1) is 0 Å². The van der Waals surface area contributed by atoms with E-state index in [9.17, 15) is 0 Å². The molecule has 304 valence electrons. The summed E-state index contributed by atoms with van der Waals surface area (Å²) in [6.45, 7) is 0. The number of nitrogens with one attached hydrogen (secondary N) is 2. The molecule has 0 atom stereocenters. The van der Waals surface area contributed by atoms with Crippen LogP contribution in [0, 0.1) is 0 Å². The predicted octanol–water partition coefficient (Wildman–Crippen LogP) is 16.6. The first-order valence-electron chi connectivity index (χ1n) is 22.6. The molecule has 0 unspecified atom stereocenters. The maximum Gasteiger partial charge on any atom is 0.0737 e. The van der Waals surface area contributed by atoms with Crippen LogP contribution in [0.15, 0.2) is 206 Å². The number of aromatic nitrogens is 4. The van der Waals surface area contributed by atoms with Crippen LogP contribution in [0.25, 0.3) is 155 Å². The van der Waals surface area contributed by atoms with Gasteiger partial charge in [0.1, 0.15) is 0 Å². The molecule has 2 N–H and O–H groups in total. The van der Waals surface area contributed by atoms with Gasteiger partial charge in [0.05, 0.1) is 22.8 Å². The Hall–Kier alpha value is -8.86. The molecule has 8 bridgehead atoms. The van der Waals surface area contributed by atoms with Gasteiger partial charge in [0.2, 0.25) is 0 Å². The maximum atomic E-state index is 5.45. The number of H-pyrrole nitrogens is 2. The molecule has 2 aliphatic heterocycles. The fourth-order valence-corrected chi connectivity index (χ4v) is 11.4. The van der Waals surface area contributed by atoms with Gasteiger partial charge in [-0.05, 0) is 102 Å². The molecular weight excluding hydrogens is 801 g/mol. The Kier molecular flexibility index (Phi) is 7.19. The Morgan fingerprint density at radius 2 is 0.606 bits per heavy atom. The molecule has 15 rings (SSSR count). The SMILES string of the molecule is c1ccc(-c2c3c(c(-c4ccccc4)c4cc5c6cc7nc(cc8[nH]c(cc9nc(cc([nH]6)c5cc24)-c2ccccc2-9)c2ccccc82)-c2ccccc2-7)-c2cccc4cccc-3c24)cc1. The van der Waals surface area contributed by atoms with Crippen molar-refractivity contribution >= 4 is 65.2 Å². The topological polar surface area (TPSA) is 57.4 Å². The van der Waals surface area contributed by atoms with E-state index in [4.69, 9.17) is 9.97 Å². The molecule has 66 heavy (non-hydrogen) atoms. The normalized spacial score (nSPS) is 12.2. The summed E-state index contributed by atoms with van der Waals surface area (Å²) >= 11 is 0. The quantitative estimate of drug-likeness (QED) is 0.182. The van der Waals surface area contributed by atoms with Gasteiger partial charge in [-0.1, -0.05) is 170 Å². The largest absolute Gasteiger partial charge is 0.354 e. The lowest BCUT2D eigenvalue weighted by Gasteiger charge is -2.21. The summed E-state index contributed by atoms with van der Waals surface area (Å²) in [5.74, 6) is 0. The zero-order valence-electron chi connectivity index (χ0n) is 35.5. The van der Waals surface area contributed by atoms with Gasteiger partial charge >= 0.3 is 0 Å². The number of rotatable bonds is 2. The smallest absolute Gasteiger partial charge is 0.0737 e. The molecule has 5 heterocycles. The van der Waals surface area contributed by atoms with Crippen LogP contribution in [0.2, 0.25) is 0 Å². The monoisotopic (exact) mass is 836 g/mol. The van der Waals surface area contributed by atoms with Crippen molar-refractivity contribution in [3.8, 4) is 89.5 Å². The van der Waals surface area contributed by atoms with Crippen LogP contribution in [0.5, 0.6) is 0 Å². The first-order valence-corrected chi connectivity index (χ1v) is 22.6. The summed E-state index contributed by atoms with van der Waals surface area (Å²) in [4.78, 5) is 18.7. The summed E-state index contributed by atoms with van der Waals surface area (Å²) in [6, 6.07) is 75.2. The number of fused-ring (bicyclic) bond motifs is 24. The van der Waals surface area contributed by atoms with Crippen molar-refractivity contribution in [2.45, 2.75) is 0 Å². The zero-order valence-corrected chi connectivity index (χ0v) is 35.5. The highest BCUT2D eigenvalue weighted by molar-refractivity contribution is 6.30. The molecule has 0 fully saturated rings. The van der Waals surface area contributed by atoms with E-state index in [0.717, 1.165) is 88.6 Å². The summed E-state index contributed by atoms with van der Waals surface area (Å²) < 4.78 is 0. The lowest BCUT2D eigenvalue weighted by Crippen LogP contribution is -1.93. The lowest BCUT2D eigenvalue weighted by molar-refractivity contribution is 1.40. The average molecular weight is 837 g/mol. The standard InChI is InChI=1S/C62H36N4/c1-3-15-36(16-4-1)59-48-29-46-47(30-49(48)60(37-17-5-2-6-18-37)62-45-28-14-20-35-19-13-27-44(58(35)45)61(59)62)57-34-55-43-26-12-10-24-41(43)53(65-55)32-51-39-22-8-7-21-38(39)50(63-51)31-52-40-23-9-11-25-42(40)54(64-52)33-56(46)66-57/h1-34,63,66H. The van der Waals surface area contributed by atoms with E-state index >= 15 is 0 Å². The van der Waals surface area contributed by atoms with E-state index in [0.29, 0.717) is 0 Å². The van der Waals surface area contributed by atoms with Crippen LogP contribution in [0.1, 0.15) is 0 Å². The second-order valence-electron chi connectivity index (χ2n) is 17.8. The highest BCUT2D eigenvalue weighted by Crippen LogP contribution is 2.58. The predicted molar refractivity (Wildman–Crippen MR) is 275 cm³/mol. The molecular formula is C62H36N4. The molecule has 12 aromatic rings. The average Bonchev–Trinajstić information content (AvgIpc) is 4.17. The second kappa shape index (κ2) is 13.3. The maximum absolute atomic E-state index is 5.45. The first kappa shape index (κ1) is 35.6. The molecule has 9 aromatic carbocycles. The van der Waals surface area contributed by atoms with Crippen molar-refractivity contribution < 1.29 is 0 Å². The van der Waals surface area contributed by atoms with Crippen molar-refractivity contribution in [3.63, 3.8) is 0 Å². The van der Waals surface area contributed by atoms with Gasteiger partial charge in [-0.3, -0.25) is 0 Å². The number of nitrogens with zero attached hydrogens (tertiary/aromatic N) is 2. The third kappa shape index (κ3) is 4.98. The Bertz CT molecular complexity index is 4000. The van der Waals surface area contributed by atoms with Gasteiger partial charge in [0, 0.05) is 65.9 Å². The van der Waals surface area contributed by atoms with Crippen molar-refractivity contribution in [1.82, 2.24) is 19.9 Å². The Morgan fingerprint density at radius 3 is 1.02 bits per heavy atom. The number of aromatic amines is 2. The van der Waals surface area contributed by atoms with Crippen LogP contribution in [0.3, 0.4) is 0 Å². The molecule has 4 heteroatoms. The van der Waals surface area contributed by atoms with Gasteiger partial charge in [0.15, 0.2) is 0 Å². The number of hydrogen-bond donors (Lipinski definition) is 2. The molecule has 1 aliphatic carbocycles. The van der Waals surface area contributed by atoms with E-state index in [1.807, 2.05) is 0 Å². The second-order valence-corrected chi connectivity index (χ2v) is 17.8. The minimum Gasteiger partial charge on any atom is -0.354 e. The summed E-state index contributed by atoms with van der Waals surface area (Å²) in [5.41, 5.74) is 22.2. The van der Waals surface area contributed by atoms with Crippen molar-refractivity contribution in [2.24, 2.45) is 0 Å². The first-order chi connectivity index (χ1) is 32.7. The minimum atomic E-state index is 0.921. The van der Waals surface area contributed by atoms with Crippen LogP contribution in [-0.4, -0.2) is 19.9 Å². The molecule has 0 amide bonds. The van der Waals surface area contributed by atoms with Gasteiger partial charge in [-0.2, -0.15) is 0 Å². The lowest BCUT2D eigenvalue weighted by atomic mass is 9.82. The van der Waals surface area contributed by atoms with E-state index in [2.05, 4.69) is 216 Å². The Balaban J connectivity index is 1.16. The van der Waals surface area contributed by atoms with E-state index in [1.165, 1.54) is 66.1 Å². The molecule has 3 aromatic heterocycles. The van der Waals surface area contributed by atoms with Crippen LogP contribution in [-0.2, 0) is 0 Å². The Labute approximate surface area is 379 Å². The van der Waals surface area contributed by atoms with Gasteiger partial charge in [0.25, 0.3) is 0 Å².